The van der Waals surface area contributed by atoms with Crippen LogP contribution >= 0.6 is 11.3 Å². The second kappa shape index (κ2) is 7.71. The molecule has 0 aromatic carbocycles. The first kappa shape index (κ1) is 16.2. The molecule has 4 heteroatoms. The van der Waals surface area contributed by atoms with Crippen LogP contribution in [-0.4, -0.2) is 48.0 Å². The molecule has 0 spiro atoms. The Morgan fingerprint density at radius 3 is 2.95 bits per heavy atom. The van der Waals surface area contributed by atoms with Gasteiger partial charge in [-0.1, -0.05) is 12.2 Å². The van der Waals surface area contributed by atoms with Crippen molar-refractivity contribution in [3.8, 4) is 0 Å². The van der Waals surface area contributed by atoms with Gasteiger partial charge in [0.1, 0.15) is 0 Å². The summed E-state index contributed by atoms with van der Waals surface area (Å²) in [5, 5.41) is 0. The molecule has 1 fully saturated rings. The quantitative estimate of drug-likeness (QED) is 0.747. The molecule has 22 heavy (non-hydrogen) atoms. The van der Waals surface area contributed by atoms with E-state index in [4.69, 9.17) is 0 Å². The summed E-state index contributed by atoms with van der Waals surface area (Å²) in [6.07, 6.45) is 10.1. The fraction of sp³-hybridized carbons (Fsp3) is 0.722. The number of nitrogens with zero attached hydrogens (tertiary/aromatic N) is 3. The minimum absolute atomic E-state index is 0.845. The van der Waals surface area contributed by atoms with Crippen molar-refractivity contribution in [2.45, 2.75) is 39.2 Å². The molecule has 0 amide bonds. The Balaban J connectivity index is 1.40. The molecule has 0 unspecified atom stereocenters. The van der Waals surface area contributed by atoms with Crippen molar-refractivity contribution in [2.75, 3.05) is 33.2 Å². The second-order valence-electron chi connectivity index (χ2n) is 7.12. The van der Waals surface area contributed by atoms with Crippen molar-refractivity contribution in [2.24, 2.45) is 11.8 Å². The zero-order valence-corrected chi connectivity index (χ0v) is 14.8. The average Bonchev–Trinajstić information content (AvgIpc) is 3.10. The van der Waals surface area contributed by atoms with Gasteiger partial charge in [-0.25, -0.2) is 4.98 Å². The summed E-state index contributed by atoms with van der Waals surface area (Å²) >= 11 is 1.79. The van der Waals surface area contributed by atoms with Gasteiger partial charge in [-0.15, -0.1) is 11.3 Å². The van der Waals surface area contributed by atoms with E-state index >= 15 is 0 Å². The van der Waals surface area contributed by atoms with Gasteiger partial charge in [0.15, 0.2) is 0 Å². The van der Waals surface area contributed by atoms with Crippen molar-refractivity contribution < 1.29 is 0 Å². The molecule has 1 aliphatic carbocycles. The van der Waals surface area contributed by atoms with Crippen LogP contribution in [0.5, 0.6) is 0 Å². The SMILES string of the molecule is Cc1ncsc1CN(C)C[C@H]1CCN(C[C@H]2CC=CCC2)C1. The lowest BCUT2D eigenvalue weighted by Crippen LogP contribution is -2.31. The van der Waals surface area contributed by atoms with Crippen LogP contribution in [0.4, 0.5) is 0 Å². The van der Waals surface area contributed by atoms with Gasteiger partial charge in [0.05, 0.1) is 11.2 Å². The molecule has 3 nitrogen and oxygen atoms in total. The van der Waals surface area contributed by atoms with Crippen molar-refractivity contribution in [3.63, 3.8) is 0 Å². The summed E-state index contributed by atoms with van der Waals surface area (Å²) in [6, 6.07) is 0. The molecule has 1 aliphatic heterocycles. The monoisotopic (exact) mass is 319 g/mol. The Morgan fingerprint density at radius 1 is 1.32 bits per heavy atom. The topological polar surface area (TPSA) is 19.4 Å². The Hall–Kier alpha value is -0.710. The van der Waals surface area contributed by atoms with Crippen LogP contribution in [0.25, 0.3) is 0 Å². The molecular formula is C18H29N3S. The third kappa shape index (κ3) is 4.40. The lowest BCUT2D eigenvalue weighted by atomic mass is 9.94. The third-order valence-corrected chi connectivity index (χ3v) is 6.01. The van der Waals surface area contributed by atoms with Crippen LogP contribution in [-0.2, 0) is 6.54 Å². The highest BCUT2D eigenvalue weighted by molar-refractivity contribution is 7.09. The largest absolute Gasteiger partial charge is 0.303 e. The molecule has 2 atom stereocenters. The summed E-state index contributed by atoms with van der Waals surface area (Å²) in [5.74, 6) is 1.75. The zero-order chi connectivity index (χ0) is 15.4. The average molecular weight is 320 g/mol. The maximum Gasteiger partial charge on any atom is 0.0798 e. The van der Waals surface area contributed by atoms with Gasteiger partial charge in [-0.3, -0.25) is 0 Å². The molecule has 122 valence electrons. The molecule has 2 heterocycles. The number of rotatable bonds is 6. The van der Waals surface area contributed by atoms with Crippen LogP contribution in [0, 0.1) is 18.8 Å². The van der Waals surface area contributed by atoms with E-state index in [-0.39, 0.29) is 0 Å². The summed E-state index contributed by atoms with van der Waals surface area (Å²) in [4.78, 5) is 11.0. The lowest BCUT2D eigenvalue weighted by molar-refractivity contribution is 0.235. The predicted molar refractivity (Wildman–Crippen MR) is 94.2 cm³/mol. The van der Waals surface area contributed by atoms with Gasteiger partial charge in [0, 0.05) is 31.1 Å². The molecule has 0 N–H and O–H groups in total. The Morgan fingerprint density at radius 2 is 2.23 bits per heavy atom. The van der Waals surface area contributed by atoms with Gasteiger partial charge in [-0.05, 0) is 58.0 Å². The van der Waals surface area contributed by atoms with E-state index in [0.717, 1.165) is 18.4 Å². The van der Waals surface area contributed by atoms with Crippen LogP contribution in [0.15, 0.2) is 17.7 Å². The molecular weight excluding hydrogens is 290 g/mol. The first-order valence-corrected chi connectivity index (χ1v) is 9.53. The highest BCUT2D eigenvalue weighted by Crippen LogP contribution is 2.24. The fourth-order valence-corrected chi connectivity index (χ4v) is 4.70. The number of hydrogen-bond donors (Lipinski definition) is 0. The number of likely N-dealkylation sites (tertiary alicyclic amines) is 1. The minimum atomic E-state index is 0.845. The molecule has 0 bridgehead atoms. The van der Waals surface area contributed by atoms with Crippen LogP contribution in [0.3, 0.4) is 0 Å². The van der Waals surface area contributed by atoms with Crippen molar-refractivity contribution in [3.05, 3.63) is 28.2 Å². The zero-order valence-electron chi connectivity index (χ0n) is 14.0. The number of allylic oxidation sites excluding steroid dienone is 2. The maximum atomic E-state index is 4.36. The van der Waals surface area contributed by atoms with E-state index in [2.05, 4.69) is 40.9 Å². The summed E-state index contributed by atoms with van der Waals surface area (Å²) in [6.45, 7) is 8.32. The van der Waals surface area contributed by atoms with Gasteiger partial charge >= 0.3 is 0 Å². The fourth-order valence-electron chi connectivity index (χ4n) is 3.84. The number of thiazole rings is 1. The molecule has 1 aromatic heterocycles. The van der Waals surface area contributed by atoms with E-state index < -0.39 is 0 Å². The summed E-state index contributed by atoms with van der Waals surface area (Å²) < 4.78 is 0. The Labute approximate surface area is 139 Å². The van der Waals surface area contributed by atoms with Gasteiger partial charge in [-0.2, -0.15) is 0 Å². The van der Waals surface area contributed by atoms with E-state index in [1.165, 1.54) is 62.4 Å². The summed E-state index contributed by atoms with van der Waals surface area (Å²) in [5.41, 5.74) is 3.17. The first-order chi connectivity index (χ1) is 10.7. The van der Waals surface area contributed by atoms with Crippen LogP contribution < -0.4 is 0 Å². The van der Waals surface area contributed by atoms with E-state index in [1.54, 1.807) is 11.3 Å². The van der Waals surface area contributed by atoms with E-state index in [0.29, 0.717) is 0 Å². The van der Waals surface area contributed by atoms with Crippen molar-refractivity contribution in [1.29, 1.82) is 0 Å². The predicted octanol–water partition coefficient (Wildman–Crippen LogP) is 3.56. The number of aromatic nitrogens is 1. The molecule has 1 aromatic rings. The Bertz CT molecular complexity index is 496. The van der Waals surface area contributed by atoms with Gasteiger partial charge < -0.3 is 9.80 Å². The van der Waals surface area contributed by atoms with Gasteiger partial charge in [0.25, 0.3) is 0 Å². The molecule has 2 aliphatic rings. The lowest BCUT2D eigenvalue weighted by Gasteiger charge is -2.25. The Kier molecular flexibility index (Phi) is 5.66. The highest BCUT2D eigenvalue weighted by atomic mass is 32.1. The second-order valence-corrected chi connectivity index (χ2v) is 8.06. The molecule has 3 rings (SSSR count). The van der Waals surface area contributed by atoms with Gasteiger partial charge in [0.2, 0.25) is 0 Å². The molecule has 1 saturated heterocycles. The smallest absolute Gasteiger partial charge is 0.0798 e. The van der Waals surface area contributed by atoms with E-state index in [9.17, 15) is 0 Å². The number of hydrogen-bond acceptors (Lipinski definition) is 4. The standard InChI is InChI=1S/C18H29N3S/c1-15-18(22-14-19-15)13-20(2)10-17-8-9-21(12-17)11-16-6-4-3-5-7-16/h3-4,14,16-17H,5-13H2,1-2H3/t16-,17+/m0/s1. The van der Waals surface area contributed by atoms with Crippen molar-refractivity contribution >= 4 is 11.3 Å². The number of aryl methyl sites for hydroxylation is 1. The third-order valence-electron chi connectivity index (χ3n) is 5.09. The van der Waals surface area contributed by atoms with Crippen LogP contribution in [0.2, 0.25) is 0 Å². The molecule has 0 radical (unpaired) electrons. The normalized spacial score (nSPS) is 26.1. The highest BCUT2D eigenvalue weighted by Gasteiger charge is 2.25. The van der Waals surface area contributed by atoms with Crippen LogP contribution in [0.1, 0.15) is 36.3 Å². The molecule has 0 saturated carbocycles. The van der Waals surface area contributed by atoms with Crippen molar-refractivity contribution in [1.82, 2.24) is 14.8 Å². The van der Waals surface area contributed by atoms with E-state index in [1.807, 2.05) is 5.51 Å². The summed E-state index contributed by atoms with van der Waals surface area (Å²) in [7, 11) is 2.26. The maximum absolute atomic E-state index is 4.36. The first-order valence-electron chi connectivity index (χ1n) is 8.65. The minimum Gasteiger partial charge on any atom is -0.303 e.